The predicted molar refractivity (Wildman–Crippen MR) is 77.4 cm³/mol. The van der Waals surface area contributed by atoms with E-state index in [0.717, 1.165) is 38.1 Å². The fourth-order valence-corrected chi connectivity index (χ4v) is 2.59. The van der Waals surface area contributed by atoms with Crippen molar-refractivity contribution in [1.82, 2.24) is 10.3 Å². The van der Waals surface area contributed by atoms with Crippen molar-refractivity contribution in [2.75, 3.05) is 19.8 Å². The Morgan fingerprint density at radius 1 is 1.37 bits per heavy atom. The molecule has 1 fully saturated rings. The summed E-state index contributed by atoms with van der Waals surface area (Å²) >= 11 is 0. The number of nitrogens with one attached hydrogen (secondary N) is 1. The lowest BCUT2D eigenvalue weighted by Gasteiger charge is -2.23. The van der Waals surface area contributed by atoms with Gasteiger partial charge >= 0.3 is 0 Å². The maximum Gasteiger partial charge on any atom is 0.0702 e. The normalized spacial score (nSPS) is 19.7. The maximum absolute atomic E-state index is 5.48. The van der Waals surface area contributed by atoms with Crippen molar-refractivity contribution in [3.63, 3.8) is 0 Å². The van der Waals surface area contributed by atoms with Crippen LogP contribution < -0.4 is 5.32 Å². The van der Waals surface area contributed by atoms with Gasteiger partial charge in [0, 0.05) is 24.2 Å². The van der Waals surface area contributed by atoms with E-state index >= 15 is 0 Å². The molecule has 3 nitrogen and oxygen atoms in total. The Kier molecular flexibility index (Phi) is 3.76. The molecular weight excluding hydrogens is 236 g/mol. The van der Waals surface area contributed by atoms with E-state index < -0.39 is 0 Å². The first-order chi connectivity index (χ1) is 9.31. The van der Waals surface area contributed by atoms with Crippen LogP contribution in [0.2, 0.25) is 0 Å². The molecule has 0 radical (unpaired) electrons. The molecule has 100 valence electrons. The number of rotatable bonds is 3. The van der Waals surface area contributed by atoms with Crippen LogP contribution in [0.15, 0.2) is 30.5 Å². The number of benzene rings is 1. The molecule has 19 heavy (non-hydrogen) atoms. The van der Waals surface area contributed by atoms with Crippen molar-refractivity contribution >= 4 is 10.9 Å². The van der Waals surface area contributed by atoms with Crippen LogP contribution in [-0.4, -0.2) is 30.8 Å². The second kappa shape index (κ2) is 5.68. The van der Waals surface area contributed by atoms with Crippen LogP contribution in [0.1, 0.15) is 17.5 Å². The SMILES string of the molecule is Cc1cnc2ccc(CCC3COCCN3)cc2c1. The van der Waals surface area contributed by atoms with E-state index in [0.29, 0.717) is 6.04 Å². The van der Waals surface area contributed by atoms with Crippen LogP contribution in [0.4, 0.5) is 0 Å². The molecule has 1 aliphatic rings. The number of morpholine rings is 1. The van der Waals surface area contributed by atoms with Gasteiger partial charge in [-0.05, 0) is 49.1 Å². The standard InChI is InChI=1S/C16H20N2O/c1-12-8-14-9-13(3-5-16(14)18-10-12)2-4-15-11-19-7-6-17-15/h3,5,8-10,15,17H,2,4,6-7,11H2,1H3. The molecule has 1 aliphatic heterocycles. The lowest BCUT2D eigenvalue weighted by atomic mass is 10.0. The summed E-state index contributed by atoms with van der Waals surface area (Å²) in [6.45, 7) is 4.75. The highest BCUT2D eigenvalue weighted by molar-refractivity contribution is 5.79. The minimum absolute atomic E-state index is 0.500. The van der Waals surface area contributed by atoms with E-state index in [4.69, 9.17) is 4.74 Å². The smallest absolute Gasteiger partial charge is 0.0702 e. The van der Waals surface area contributed by atoms with Gasteiger partial charge in [0.05, 0.1) is 18.7 Å². The molecule has 2 heterocycles. The van der Waals surface area contributed by atoms with E-state index in [1.165, 1.54) is 16.5 Å². The Labute approximate surface area is 114 Å². The number of hydrogen-bond acceptors (Lipinski definition) is 3. The second-order valence-corrected chi connectivity index (χ2v) is 5.30. The van der Waals surface area contributed by atoms with Crippen molar-refractivity contribution in [3.05, 3.63) is 41.6 Å². The van der Waals surface area contributed by atoms with Crippen molar-refractivity contribution in [2.45, 2.75) is 25.8 Å². The molecule has 1 atom stereocenters. The third-order valence-corrected chi connectivity index (χ3v) is 3.66. The molecule has 0 spiro atoms. The van der Waals surface area contributed by atoms with Gasteiger partial charge in [-0.25, -0.2) is 0 Å². The summed E-state index contributed by atoms with van der Waals surface area (Å²) in [7, 11) is 0. The molecule has 1 saturated heterocycles. The third kappa shape index (κ3) is 3.11. The summed E-state index contributed by atoms with van der Waals surface area (Å²) < 4.78 is 5.48. The average Bonchev–Trinajstić information content (AvgIpc) is 2.46. The van der Waals surface area contributed by atoms with Crippen LogP contribution in [-0.2, 0) is 11.2 Å². The highest BCUT2D eigenvalue weighted by atomic mass is 16.5. The van der Waals surface area contributed by atoms with Gasteiger partial charge in [-0.2, -0.15) is 0 Å². The van der Waals surface area contributed by atoms with Crippen molar-refractivity contribution in [3.8, 4) is 0 Å². The van der Waals surface area contributed by atoms with Crippen LogP contribution in [0.25, 0.3) is 10.9 Å². The molecule has 0 aliphatic carbocycles. The molecule has 1 aromatic carbocycles. The monoisotopic (exact) mass is 256 g/mol. The summed E-state index contributed by atoms with van der Waals surface area (Å²) in [6.07, 6.45) is 4.14. The number of fused-ring (bicyclic) bond motifs is 1. The number of aryl methyl sites for hydroxylation is 2. The number of aromatic nitrogens is 1. The van der Waals surface area contributed by atoms with Gasteiger partial charge in [0.25, 0.3) is 0 Å². The van der Waals surface area contributed by atoms with Crippen molar-refractivity contribution < 1.29 is 4.74 Å². The van der Waals surface area contributed by atoms with Gasteiger partial charge in [0.2, 0.25) is 0 Å². The van der Waals surface area contributed by atoms with E-state index in [9.17, 15) is 0 Å². The topological polar surface area (TPSA) is 34.1 Å². The van der Waals surface area contributed by atoms with Crippen LogP contribution in [0.3, 0.4) is 0 Å². The Bertz CT molecular complexity index is 562. The first-order valence-corrected chi connectivity index (χ1v) is 6.98. The van der Waals surface area contributed by atoms with E-state index in [1.807, 2.05) is 6.20 Å². The van der Waals surface area contributed by atoms with Crippen molar-refractivity contribution in [2.24, 2.45) is 0 Å². The Hall–Kier alpha value is -1.45. The first kappa shape index (κ1) is 12.6. The zero-order chi connectivity index (χ0) is 13.1. The van der Waals surface area contributed by atoms with Gasteiger partial charge < -0.3 is 10.1 Å². The largest absolute Gasteiger partial charge is 0.379 e. The highest BCUT2D eigenvalue weighted by Crippen LogP contribution is 2.17. The molecule has 1 unspecified atom stereocenters. The molecule has 2 aromatic rings. The van der Waals surface area contributed by atoms with Gasteiger partial charge in [0.15, 0.2) is 0 Å². The van der Waals surface area contributed by atoms with Crippen molar-refractivity contribution in [1.29, 1.82) is 0 Å². The van der Waals surface area contributed by atoms with Crippen LogP contribution in [0.5, 0.6) is 0 Å². The minimum Gasteiger partial charge on any atom is -0.379 e. The Morgan fingerprint density at radius 3 is 3.16 bits per heavy atom. The summed E-state index contributed by atoms with van der Waals surface area (Å²) in [4.78, 5) is 4.44. The fraction of sp³-hybridized carbons (Fsp3) is 0.438. The molecule has 0 saturated carbocycles. The summed E-state index contributed by atoms with van der Waals surface area (Å²) in [6, 6.07) is 9.27. The molecule has 1 aromatic heterocycles. The first-order valence-electron chi connectivity index (χ1n) is 6.98. The third-order valence-electron chi connectivity index (χ3n) is 3.66. The van der Waals surface area contributed by atoms with Gasteiger partial charge in [-0.1, -0.05) is 6.07 Å². The quantitative estimate of drug-likeness (QED) is 0.916. The number of hydrogen-bond donors (Lipinski definition) is 1. The number of ether oxygens (including phenoxy) is 1. The summed E-state index contributed by atoms with van der Waals surface area (Å²) in [5, 5.41) is 4.74. The predicted octanol–water partition coefficient (Wildman–Crippen LogP) is 2.46. The lowest BCUT2D eigenvalue weighted by Crippen LogP contribution is -2.41. The average molecular weight is 256 g/mol. The summed E-state index contributed by atoms with van der Waals surface area (Å²) in [5.74, 6) is 0. The Morgan fingerprint density at radius 2 is 2.32 bits per heavy atom. The molecule has 3 rings (SSSR count). The fourth-order valence-electron chi connectivity index (χ4n) is 2.59. The Balaban J connectivity index is 1.70. The zero-order valence-corrected chi connectivity index (χ0v) is 11.4. The molecule has 0 bridgehead atoms. The van der Waals surface area contributed by atoms with Crippen LogP contribution >= 0.6 is 0 Å². The van der Waals surface area contributed by atoms with E-state index in [-0.39, 0.29) is 0 Å². The van der Waals surface area contributed by atoms with E-state index in [1.54, 1.807) is 0 Å². The van der Waals surface area contributed by atoms with E-state index in [2.05, 4.69) is 41.5 Å². The van der Waals surface area contributed by atoms with Gasteiger partial charge in [-0.15, -0.1) is 0 Å². The lowest BCUT2D eigenvalue weighted by molar-refractivity contribution is 0.0743. The zero-order valence-electron chi connectivity index (χ0n) is 11.4. The summed E-state index contributed by atoms with van der Waals surface area (Å²) in [5.41, 5.74) is 3.67. The maximum atomic E-state index is 5.48. The van der Waals surface area contributed by atoms with Crippen LogP contribution in [0, 0.1) is 6.92 Å². The second-order valence-electron chi connectivity index (χ2n) is 5.30. The minimum atomic E-state index is 0.500. The number of nitrogens with zero attached hydrogens (tertiary/aromatic N) is 1. The highest BCUT2D eigenvalue weighted by Gasteiger charge is 2.12. The molecule has 1 N–H and O–H groups in total. The molecule has 0 amide bonds. The van der Waals surface area contributed by atoms with Gasteiger partial charge in [-0.3, -0.25) is 4.98 Å². The molecule has 3 heteroatoms. The van der Waals surface area contributed by atoms with Gasteiger partial charge in [0.1, 0.15) is 0 Å². The molecular formula is C16H20N2O. The number of pyridine rings is 1.